The van der Waals surface area contributed by atoms with E-state index in [9.17, 15) is 9.18 Å². The van der Waals surface area contributed by atoms with Gasteiger partial charge in [0.25, 0.3) is 0 Å². The van der Waals surface area contributed by atoms with Crippen LogP contribution in [0.4, 0.5) is 4.39 Å². The molecule has 1 aliphatic carbocycles. The Morgan fingerprint density at radius 1 is 1.26 bits per heavy atom. The molecular weight excluding hydrogens is 293 g/mol. The van der Waals surface area contributed by atoms with Gasteiger partial charge in [-0.05, 0) is 48.9 Å². The van der Waals surface area contributed by atoms with Crippen LogP contribution < -0.4 is 0 Å². The monoisotopic (exact) mass is 315 g/mol. The number of nitrogens with zero attached hydrogens (tertiary/aromatic N) is 1. The van der Waals surface area contributed by atoms with E-state index < -0.39 is 0 Å². The highest BCUT2D eigenvalue weighted by molar-refractivity contribution is 5.86. The Morgan fingerprint density at radius 3 is 2.78 bits per heavy atom. The Hall–Kier alpha value is -1.84. The van der Waals surface area contributed by atoms with Crippen LogP contribution in [-0.2, 0) is 16.1 Å². The molecular formula is C19H22FNO2. The molecule has 3 nitrogen and oxygen atoms in total. The van der Waals surface area contributed by atoms with E-state index in [1.165, 1.54) is 25.3 Å². The molecule has 0 N–H and O–H groups in total. The number of aromatic nitrogens is 1. The normalized spacial score (nSPS) is 21.0. The van der Waals surface area contributed by atoms with E-state index in [1.54, 1.807) is 12.1 Å². The van der Waals surface area contributed by atoms with Gasteiger partial charge in [0.2, 0.25) is 0 Å². The second-order valence-corrected chi connectivity index (χ2v) is 6.90. The van der Waals surface area contributed by atoms with Gasteiger partial charge in [-0.1, -0.05) is 12.8 Å². The lowest BCUT2D eigenvalue weighted by Gasteiger charge is -2.12. The highest BCUT2D eigenvalue weighted by Gasteiger charge is 2.29. The number of hydrogen-bond donors (Lipinski definition) is 0. The molecule has 0 bridgehead atoms. The lowest BCUT2D eigenvalue weighted by atomic mass is 9.93. The van der Waals surface area contributed by atoms with Crippen LogP contribution in [0.1, 0.15) is 61.6 Å². The molecule has 2 heterocycles. The second kappa shape index (κ2) is 5.66. The summed E-state index contributed by atoms with van der Waals surface area (Å²) in [4.78, 5) is 11.6. The van der Waals surface area contributed by atoms with Crippen molar-refractivity contribution in [3.8, 4) is 0 Å². The molecule has 4 heteroatoms. The Kier molecular flexibility index (Phi) is 3.63. The Labute approximate surface area is 135 Å². The fourth-order valence-corrected chi connectivity index (χ4v) is 4.46. The number of ether oxygens (including phenoxy) is 1. The first-order valence-electron chi connectivity index (χ1n) is 8.56. The largest absolute Gasteiger partial charge is 0.469 e. The average molecular weight is 315 g/mol. The third kappa shape index (κ3) is 2.44. The Morgan fingerprint density at radius 2 is 2.04 bits per heavy atom. The molecule has 1 atom stereocenters. The maximum atomic E-state index is 14.2. The van der Waals surface area contributed by atoms with E-state index in [0.717, 1.165) is 42.6 Å². The number of hydrogen-bond acceptors (Lipinski definition) is 2. The first kappa shape index (κ1) is 14.7. The molecule has 122 valence electrons. The second-order valence-electron chi connectivity index (χ2n) is 6.90. The minimum absolute atomic E-state index is 0.142. The van der Waals surface area contributed by atoms with Crippen LogP contribution in [0.15, 0.2) is 18.2 Å². The van der Waals surface area contributed by atoms with Crippen molar-refractivity contribution in [1.29, 1.82) is 0 Å². The minimum atomic E-state index is -0.170. The van der Waals surface area contributed by atoms with Gasteiger partial charge in [0, 0.05) is 23.5 Å². The molecule has 0 saturated heterocycles. The molecule has 4 rings (SSSR count). The van der Waals surface area contributed by atoms with E-state index in [-0.39, 0.29) is 17.7 Å². The lowest BCUT2D eigenvalue weighted by Crippen LogP contribution is -2.06. The van der Waals surface area contributed by atoms with Crippen molar-refractivity contribution < 1.29 is 13.9 Å². The van der Waals surface area contributed by atoms with Crippen LogP contribution in [-0.4, -0.2) is 17.6 Å². The number of aryl methyl sites for hydroxylation is 1. The molecule has 23 heavy (non-hydrogen) atoms. The van der Waals surface area contributed by atoms with Crippen LogP contribution >= 0.6 is 0 Å². The summed E-state index contributed by atoms with van der Waals surface area (Å²) in [7, 11) is 1.43. The number of rotatable bonds is 3. The first-order chi connectivity index (χ1) is 11.2. The van der Waals surface area contributed by atoms with E-state index >= 15 is 0 Å². The van der Waals surface area contributed by atoms with Gasteiger partial charge in [0.05, 0.1) is 19.0 Å². The third-order valence-corrected chi connectivity index (χ3v) is 5.60. The quantitative estimate of drug-likeness (QED) is 0.782. The van der Waals surface area contributed by atoms with Gasteiger partial charge in [-0.15, -0.1) is 0 Å². The zero-order valence-corrected chi connectivity index (χ0v) is 13.5. The summed E-state index contributed by atoms with van der Waals surface area (Å²) in [6.45, 7) is 0.855. The zero-order chi connectivity index (χ0) is 16.0. The van der Waals surface area contributed by atoms with Gasteiger partial charge >= 0.3 is 5.97 Å². The van der Waals surface area contributed by atoms with E-state index in [4.69, 9.17) is 4.74 Å². The summed E-state index contributed by atoms with van der Waals surface area (Å²) in [5, 5.41) is 1.18. The summed E-state index contributed by atoms with van der Waals surface area (Å²) in [5.41, 5.74) is 3.32. The Bertz CT molecular complexity index is 758. The van der Waals surface area contributed by atoms with Gasteiger partial charge in [0.1, 0.15) is 5.82 Å². The standard InChI is InChI=1S/C19H22FNO2/c1-23-19(22)8-13-6-7-21-17(13)11-16-15(12-4-2-3-5-12)9-14(20)10-18(16)21/h9-13H,2-8H2,1H3. The van der Waals surface area contributed by atoms with E-state index in [2.05, 4.69) is 10.6 Å². The SMILES string of the molecule is COC(=O)CC1CCn2c1cc1c(C3CCCC3)cc(F)cc12. The first-order valence-corrected chi connectivity index (χ1v) is 8.56. The third-order valence-electron chi connectivity index (χ3n) is 5.60. The van der Waals surface area contributed by atoms with E-state index in [0.29, 0.717) is 12.3 Å². The van der Waals surface area contributed by atoms with Crippen molar-refractivity contribution in [2.75, 3.05) is 7.11 Å². The lowest BCUT2D eigenvalue weighted by molar-refractivity contribution is -0.141. The van der Waals surface area contributed by atoms with Gasteiger partial charge in [-0.25, -0.2) is 4.39 Å². The molecule has 1 aromatic heterocycles. The molecule has 1 saturated carbocycles. The summed E-state index contributed by atoms with van der Waals surface area (Å²) in [5.74, 6) is 0.359. The number of carbonyl (C=O) groups excluding carboxylic acids is 1. The van der Waals surface area contributed by atoms with Crippen LogP contribution in [0.25, 0.3) is 10.9 Å². The molecule has 1 unspecified atom stereocenters. The highest BCUT2D eigenvalue weighted by atomic mass is 19.1. The smallest absolute Gasteiger partial charge is 0.306 e. The molecule has 1 aromatic carbocycles. The predicted molar refractivity (Wildman–Crippen MR) is 87.1 cm³/mol. The van der Waals surface area contributed by atoms with Crippen molar-refractivity contribution in [1.82, 2.24) is 4.57 Å². The van der Waals surface area contributed by atoms with Crippen LogP contribution in [0, 0.1) is 5.82 Å². The minimum Gasteiger partial charge on any atom is -0.469 e. The number of carbonyl (C=O) groups is 1. The van der Waals surface area contributed by atoms with Crippen molar-refractivity contribution in [3.63, 3.8) is 0 Å². The number of esters is 1. The fraction of sp³-hybridized carbons (Fsp3) is 0.526. The van der Waals surface area contributed by atoms with E-state index in [1.807, 2.05) is 0 Å². The summed E-state index contributed by atoms with van der Waals surface area (Å²) in [6, 6.07) is 5.57. The van der Waals surface area contributed by atoms with Crippen molar-refractivity contribution in [2.24, 2.45) is 0 Å². The number of methoxy groups -OCH3 is 1. The van der Waals surface area contributed by atoms with Gasteiger partial charge in [-0.3, -0.25) is 4.79 Å². The maximum absolute atomic E-state index is 14.2. The van der Waals surface area contributed by atoms with Gasteiger partial charge < -0.3 is 9.30 Å². The average Bonchev–Trinajstić information content (AvgIpc) is 3.24. The summed E-state index contributed by atoms with van der Waals surface area (Å²) < 4.78 is 21.2. The van der Waals surface area contributed by atoms with Crippen molar-refractivity contribution >= 4 is 16.9 Å². The summed E-state index contributed by atoms with van der Waals surface area (Å²) in [6.07, 6.45) is 6.13. The molecule has 0 radical (unpaired) electrons. The molecule has 2 aliphatic rings. The number of benzene rings is 1. The number of halogens is 1. The molecule has 1 aliphatic heterocycles. The maximum Gasteiger partial charge on any atom is 0.306 e. The number of fused-ring (bicyclic) bond motifs is 3. The molecule has 2 aromatic rings. The van der Waals surface area contributed by atoms with Crippen LogP contribution in [0.2, 0.25) is 0 Å². The van der Waals surface area contributed by atoms with Crippen molar-refractivity contribution in [2.45, 2.75) is 56.9 Å². The molecule has 0 amide bonds. The zero-order valence-electron chi connectivity index (χ0n) is 13.5. The topological polar surface area (TPSA) is 31.2 Å². The van der Waals surface area contributed by atoms with Crippen molar-refractivity contribution in [3.05, 3.63) is 35.3 Å². The fourth-order valence-electron chi connectivity index (χ4n) is 4.46. The van der Waals surface area contributed by atoms with Gasteiger partial charge in [-0.2, -0.15) is 0 Å². The molecule has 1 fully saturated rings. The molecule has 0 spiro atoms. The van der Waals surface area contributed by atoms with Crippen LogP contribution in [0.3, 0.4) is 0 Å². The summed E-state index contributed by atoms with van der Waals surface area (Å²) >= 11 is 0. The highest BCUT2D eigenvalue weighted by Crippen LogP contribution is 2.42. The van der Waals surface area contributed by atoms with Gasteiger partial charge in [0.15, 0.2) is 0 Å². The van der Waals surface area contributed by atoms with Crippen LogP contribution in [0.5, 0.6) is 0 Å². The predicted octanol–water partition coefficient (Wildman–Crippen LogP) is 4.49. The Balaban J connectivity index is 1.79.